The van der Waals surface area contributed by atoms with E-state index in [0.29, 0.717) is 22.6 Å². The lowest BCUT2D eigenvalue weighted by Crippen LogP contribution is -2.47. The maximum Gasteiger partial charge on any atom is 0.255 e. The highest BCUT2D eigenvalue weighted by atomic mass is 16.5. The average Bonchev–Trinajstić information content (AvgIpc) is 2.97. The normalized spacial score (nSPS) is 14.0. The molecule has 0 aliphatic carbocycles. The zero-order valence-electron chi connectivity index (χ0n) is 22.5. The lowest BCUT2D eigenvalue weighted by molar-refractivity contribution is 0.0938. The number of ether oxygens (including phenoxy) is 2. The summed E-state index contributed by atoms with van der Waals surface area (Å²) in [6.07, 6.45) is 0.826. The average molecular weight is 517 g/mol. The molecule has 38 heavy (non-hydrogen) atoms. The van der Waals surface area contributed by atoms with Crippen molar-refractivity contribution in [3.05, 3.63) is 77.9 Å². The maximum atomic E-state index is 13.3. The number of carbonyl (C=O) groups is 2. The smallest absolute Gasteiger partial charge is 0.255 e. The van der Waals surface area contributed by atoms with E-state index < -0.39 is 0 Å². The fourth-order valence-corrected chi connectivity index (χ4v) is 4.50. The van der Waals surface area contributed by atoms with Gasteiger partial charge in [-0.15, -0.1) is 0 Å². The summed E-state index contributed by atoms with van der Waals surface area (Å²) < 4.78 is 10.7. The number of piperazine rings is 1. The number of nitrogens with zero attached hydrogens (tertiary/aromatic N) is 2. The van der Waals surface area contributed by atoms with Crippen molar-refractivity contribution in [3.63, 3.8) is 0 Å². The van der Waals surface area contributed by atoms with E-state index >= 15 is 0 Å². The van der Waals surface area contributed by atoms with Gasteiger partial charge in [0.25, 0.3) is 11.8 Å². The monoisotopic (exact) mass is 516 g/mol. The molecule has 0 aromatic heterocycles. The summed E-state index contributed by atoms with van der Waals surface area (Å²) in [4.78, 5) is 30.7. The van der Waals surface area contributed by atoms with Crippen LogP contribution in [0, 0.1) is 0 Å². The summed E-state index contributed by atoms with van der Waals surface area (Å²) in [5.74, 6) is 1.13. The van der Waals surface area contributed by atoms with Crippen LogP contribution in [0.3, 0.4) is 0 Å². The van der Waals surface area contributed by atoms with Gasteiger partial charge in [-0.1, -0.05) is 19.1 Å². The number of carbonyl (C=O) groups excluding carboxylic acids is 2. The molecule has 0 saturated carbocycles. The summed E-state index contributed by atoms with van der Waals surface area (Å²) in [7, 11) is 3.27. The van der Waals surface area contributed by atoms with Crippen LogP contribution in [0.4, 0.5) is 17.1 Å². The second-order valence-corrected chi connectivity index (χ2v) is 9.34. The highest BCUT2D eigenvalue weighted by Gasteiger charge is 2.24. The van der Waals surface area contributed by atoms with E-state index in [4.69, 9.17) is 9.47 Å². The molecule has 2 amide bonds. The van der Waals surface area contributed by atoms with E-state index in [1.807, 2.05) is 44.2 Å². The lowest BCUT2D eigenvalue weighted by atomic mass is 10.1. The molecule has 1 saturated heterocycles. The van der Waals surface area contributed by atoms with E-state index in [9.17, 15) is 9.59 Å². The number of rotatable bonds is 9. The van der Waals surface area contributed by atoms with Crippen molar-refractivity contribution in [2.45, 2.75) is 26.3 Å². The Morgan fingerprint density at radius 3 is 2.13 bits per heavy atom. The number of benzene rings is 3. The van der Waals surface area contributed by atoms with Crippen LogP contribution < -0.4 is 29.9 Å². The van der Waals surface area contributed by atoms with Crippen LogP contribution in [0.5, 0.6) is 11.5 Å². The van der Waals surface area contributed by atoms with Crippen LogP contribution in [-0.4, -0.2) is 58.3 Å². The number of hydrogen-bond donors (Lipinski definition) is 2. The van der Waals surface area contributed by atoms with Crippen molar-refractivity contribution in [2.24, 2.45) is 0 Å². The van der Waals surface area contributed by atoms with E-state index in [2.05, 4.69) is 26.5 Å². The van der Waals surface area contributed by atoms with Gasteiger partial charge in [0.15, 0.2) is 0 Å². The van der Waals surface area contributed by atoms with E-state index in [0.717, 1.165) is 49.7 Å². The molecule has 8 heteroatoms. The van der Waals surface area contributed by atoms with Gasteiger partial charge in [0.1, 0.15) is 11.5 Å². The molecule has 3 aromatic rings. The summed E-state index contributed by atoms with van der Waals surface area (Å²) >= 11 is 0. The Morgan fingerprint density at radius 2 is 1.50 bits per heavy atom. The maximum absolute atomic E-state index is 13.3. The number of para-hydroxylation sites is 2. The highest BCUT2D eigenvalue weighted by Crippen LogP contribution is 2.31. The molecule has 2 N–H and O–H groups in total. The van der Waals surface area contributed by atoms with Gasteiger partial charge in [0, 0.05) is 49.2 Å². The Kier molecular flexibility index (Phi) is 8.73. The number of amides is 2. The summed E-state index contributed by atoms with van der Waals surface area (Å²) in [6.45, 7) is 7.11. The zero-order chi connectivity index (χ0) is 27.1. The van der Waals surface area contributed by atoms with E-state index in [-0.39, 0.29) is 17.9 Å². The van der Waals surface area contributed by atoms with Crippen LogP contribution >= 0.6 is 0 Å². The number of hydrogen-bond acceptors (Lipinski definition) is 6. The molecule has 1 aliphatic heterocycles. The quantitative estimate of drug-likeness (QED) is 0.425. The molecule has 1 fully saturated rings. The van der Waals surface area contributed by atoms with Crippen LogP contribution in [0.1, 0.15) is 41.0 Å². The summed E-state index contributed by atoms with van der Waals surface area (Å²) in [5, 5.41) is 6.01. The van der Waals surface area contributed by atoms with Gasteiger partial charge in [-0.2, -0.15) is 0 Å². The van der Waals surface area contributed by atoms with Crippen molar-refractivity contribution in [2.75, 3.05) is 55.5 Å². The van der Waals surface area contributed by atoms with Crippen LogP contribution in [0.15, 0.2) is 66.7 Å². The van der Waals surface area contributed by atoms with E-state index in [1.165, 1.54) is 0 Å². The second-order valence-electron chi connectivity index (χ2n) is 9.34. The first kappa shape index (κ1) is 26.9. The van der Waals surface area contributed by atoms with Crippen molar-refractivity contribution in [1.82, 2.24) is 5.32 Å². The van der Waals surface area contributed by atoms with Gasteiger partial charge in [-0.25, -0.2) is 0 Å². The molecule has 0 bridgehead atoms. The van der Waals surface area contributed by atoms with Crippen molar-refractivity contribution < 1.29 is 19.1 Å². The largest absolute Gasteiger partial charge is 0.497 e. The van der Waals surface area contributed by atoms with Gasteiger partial charge in [-0.05, 0) is 67.9 Å². The Hall–Kier alpha value is -4.20. The number of anilines is 3. The minimum atomic E-state index is -0.251. The molecule has 1 heterocycles. The predicted molar refractivity (Wildman–Crippen MR) is 152 cm³/mol. The Labute approximate surface area is 224 Å². The van der Waals surface area contributed by atoms with Gasteiger partial charge < -0.3 is 29.9 Å². The minimum absolute atomic E-state index is 0.0373. The van der Waals surface area contributed by atoms with Crippen LogP contribution in [0.2, 0.25) is 0 Å². The Bertz CT molecular complexity index is 1250. The fourth-order valence-electron chi connectivity index (χ4n) is 4.50. The first-order valence-electron chi connectivity index (χ1n) is 13.0. The Morgan fingerprint density at radius 1 is 0.842 bits per heavy atom. The van der Waals surface area contributed by atoms with Crippen molar-refractivity contribution in [3.8, 4) is 11.5 Å². The molecular weight excluding hydrogens is 480 g/mol. The fraction of sp³-hybridized carbons (Fsp3) is 0.333. The van der Waals surface area contributed by atoms with Gasteiger partial charge in [-0.3, -0.25) is 9.59 Å². The molecule has 200 valence electrons. The molecule has 1 atom stereocenters. The molecule has 8 nitrogen and oxygen atoms in total. The third-order valence-electron chi connectivity index (χ3n) is 6.89. The summed E-state index contributed by atoms with van der Waals surface area (Å²) in [5.41, 5.74) is 3.54. The molecule has 0 spiro atoms. The number of methoxy groups -OCH3 is 2. The third-order valence-corrected chi connectivity index (χ3v) is 6.89. The topological polar surface area (TPSA) is 83.1 Å². The molecule has 0 radical (unpaired) electrons. The number of nitrogens with one attached hydrogen (secondary N) is 2. The molecule has 4 rings (SSSR count). The molecule has 3 aromatic carbocycles. The highest BCUT2D eigenvalue weighted by molar-refractivity contribution is 6.06. The van der Waals surface area contributed by atoms with Crippen molar-refractivity contribution >= 4 is 28.9 Å². The third kappa shape index (κ3) is 6.19. The molecule has 1 aliphatic rings. The summed E-state index contributed by atoms with van der Waals surface area (Å²) in [6, 6.07) is 20.5. The SMILES string of the molecule is CCC(C)NC(=O)c1cc(NC(=O)c2ccc(OC)cc2)ccc1N1CCN(c2ccccc2OC)CC1. The molecular formula is C30H36N4O4. The predicted octanol–water partition coefficient (Wildman–Crippen LogP) is 4.81. The molecule has 1 unspecified atom stereocenters. The second kappa shape index (κ2) is 12.4. The zero-order valence-corrected chi connectivity index (χ0v) is 22.5. The Balaban J connectivity index is 1.54. The lowest BCUT2D eigenvalue weighted by Gasteiger charge is -2.38. The minimum Gasteiger partial charge on any atom is -0.497 e. The van der Waals surface area contributed by atoms with Crippen LogP contribution in [-0.2, 0) is 0 Å². The standard InChI is InChI=1S/C30H36N4O4/c1-5-21(2)31-30(36)25-20-23(32-29(35)22-10-13-24(37-3)14-11-22)12-15-26(25)33-16-18-34(19-17-33)27-8-6-7-9-28(27)38-4/h6-15,20-21H,5,16-19H2,1-4H3,(H,31,36)(H,32,35). The first-order valence-corrected chi connectivity index (χ1v) is 13.0. The van der Waals surface area contributed by atoms with Crippen LogP contribution in [0.25, 0.3) is 0 Å². The van der Waals surface area contributed by atoms with Gasteiger partial charge >= 0.3 is 0 Å². The van der Waals surface area contributed by atoms with Gasteiger partial charge in [0.2, 0.25) is 0 Å². The van der Waals surface area contributed by atoms with E-state index in [1.54, 1.807) is 44.6 Å². The first-order chi connectivity index (χ1) is 18.4. The van der Waals surface area contributed by atoms with Crippen molar-refractivity contribution in [1.29, 1.82) is 0 Å². The van der Waals surface area contributed by atoms with Gasteiger partial charge in [0.05, 0.1) is 25.5 Å².